The molecule has 0 aliphatic heterocycles. The van der Waals surface area contributed by atoms with E-state index in [2.05, 4.69) is 5.32 Å². The predicted octanol–water partition coefficient (Wildman–Crippen LogP) is 2.21. The van der Waals surface area contributed by atoms with Gasteiger partial charge >= 0.3 is 5.69 Å². The van der Waals surface area contributed by atoms with E-state index in [0.717, 1.165) is 11.3 Å². The van der Waals surface area contributed by atoms with E-state index in [0.29, 0.717) is 23.3 Å². The van der Waals surface area contributed by atoms with Gasteiger partial charge in [-0.2, -0.15) is 0 Å². The quantitative estimate of drug-likeness (QED) is 0.658. The highest BCUT2D eigenvalue weighted by Gasteiger charge is 2.17. The fraction of sp³-hybridized carbons (Fsp3) is 0.350. The lowest BCUT2D eigenvalue weighted by Gasteiger charge is -2.13. The third kappa shape index (κ3) is 4.17. The van der Waals surface area contributed by atoms with Crippen LogP contribution in [0.1, 0.15) is 19.4 Å². The van der Waals surface area contributed by atoms with Crippen LogP contribution in [0, 0.1) is 5.92 Å². The molecule has 1 aromatic carbocycles. The maximum Gasteiger partial charge on any atom is 0.332 e. The Hall–Kier alpha value is -2.87. The summed E-state index contributed by atoms with van der Waals surface area (Å²) < 4.78 is 8.20. The van der Waals surface area contributed by atoms with Crippen molar-refractivity contribution in [3.8, 4) is 5.75 Å². The molecule has 0 atom stereocenters. The number of ether oxygens (including phenoxy) is 1. The Morgan fingerprint density at radius 1 is 1.14 bits per heavy atom. The molecule has 148 valence electrons. The van der Waals surface area contributed by atoms with Gasteiger partial charge < -0.3 is 10.1 Å². The van der Waals surface area contributed by atoms with Crippen LogP contribution < -0.4 is 21.3 Å². The fourth-order valence-electron chi connectivity index (χ4n) is 2.96. The number of fused-ring (bicyclic) bond motifs is 1. The van der Waals surface area contributed by atoms with E-state index in [1.807, 2.05) is 38.1 Å². The van der Waals surface area contributed by atoms with E-state index in [1.54, 1.807) is 18.6 Å². The number of aromatic nitrogens is 2. The molecule has 1 amide bonds. The highest BCUT2D eigenvalue weighted by Crippen LogP contribution is 2.15. The highest BCUT2D eigenvalue weighted by molar-refractivity contribution is 7.17. The first-order valence-corrected chi connectivity index (χ1v) is 9.89. The Bertz CT molecular complexity index is 1090. The molecule has 3 aromatic rings. The van der Waals surface area contributed by atoms with Gasteiger partial charge in [0.25, 0.3) is 5.56 Å². The smallest absolute Gasteiger partial charge is 0.332 e. The zero-order chi connectivity index (χ0) is 20.3. The Kier molecular flexibility index (Phi) is 5.99. The van der Waals surface area contributed by atoms with Crippen LogP contribution in [0.5, 0.6) is 5.75 Å². The predicted molar refractivity (Wildman–Crippen MR) is 110 cm³/mol. The van der Waals surface area contributed by atoms with Crippen LogP contribution in [0.2, 0.25) is 0 Å². The second kappa shape index (κ2) is 8.43. The van der Waals surface area contributed by atoms with Crippen LogP contribution in [0.3, 0.4) is 0 Å². The van der Waals surface area contributed by atoms with Crippen LogP contribution in [0.25, 0.3) is 10.2 Å². The van der Waals surface area contributed by atoms with Gasteiger partial charge in [0.1, 0.15) is 17.0 Å². The minimum Gasteiger partial charge on any atom is -0.497 e. The molecule has 0 saturated carbocycles. The Balaban J connectivity index is 1.82. The molecule has 2 heterocycles. The Labute approximate surface area is 166 Å². The largest absolute Gasteiger partial charge is 0.497 e. The van der Waals surface area contributed by atoms with E-state index < -0.39 is 5.69 Å². The number of hydrogen-bond donors (Lipinski definition) is 1. The van der Waals surface area contributed by atoms with E-state index in [9.17, 15) is 14.4 Å². The van der Waals surface area contributed by atoms with Gasteiger partial charge in [0.2, 0.25) is 5.91 Å². The molecule has 7 nitrogen and oxygen atoms in total. The molecular weight excluding hydrogens is 378 g/mol. The van der Waals surface area contributed by atoms with Gasteiger partial charge in [-0.3, -0.25) is 18.7 Å². The van der Waals surface area contributed by atoms with Gasteiger partial charge in [0.15, 0.2) is 0 Å². The number of methoxy groups -OCH3 is 1. The monoisotopic (exact) mass is 401 g/mol. The topological polar surface area (TPSA) is 82.3 Å². The molecule has 3 rings (SSSR count). The second-order valence-electron chi connectivity index (χ2n) is 6.94. The molecule has 28 heavy (non-hydrogen) atoms. The normalized spacial score (nSPS) is 11.1. The summed E-state index contributed by atoms with van der Waals surface area (Å²) in [5.41, 5.74) is 0.675. The lowest BCUT2D eigenvalue weighted by molar-refractivity contribution is -0.121. The maximum absolute atomic E-state index is 12.9. The van der Waals surface area contributed by atoms with Gasteiger partial charge in [0, 0.05) is 13.1 Å². The van der Waals surface area contributed by atoms with Crippen LogP contribution in [-0.2, 0) is 24.4 Å². The number of amides is 1. The summed E-state index contributed by atoms with van der Waals surface area (Å²) in [6.45, 7) is 4.41. The van der Waals surface area contributed by atoms with Crippen molar-refractivity contribution in [2.75, 3.05) is 7.11 Å². The Morgan fingerprint density at radius 2 is 1.86 bits per heavy atom. The van der Waals surface area contributed by atoms with E-state index in [4.69, 9.17) is 4.74 Å². The first kappa shape index (κ1) is 19.9. The number of hydrogen-bond acceptors (Lipinski definition) is 5. The maximum atomic E-state index is 12.9. The van der Waals surface area contributed by atoms with Crippen molar-refractivity contribution in [1.29, 1.82) is 0 Å². The van der Waals surface area contributed by atoms with Gasteiger partial charge in [-0.15, -0.1) is 11.3 Å². The van der Waals surface area contributed by atoms with Gasteiger partial charge in [-0.1, -0.05) is 26.0 Å². The number of benzene rings is 1. The van der Waals surface area contributed by atoms with E-state index in [1.165, 1.54) is 20.5 Å². The molecule has 8 heteroatoms. The first-order chi connectivity index (χ1) is 13.4. The summed E-state index contributed by atoms with van der Waals surface area (Å²) in [6, 6.07) is 9.08. The lowest BCUT2D eigenvalue weighted by atomic mass is 10.2. The van der Waals surface area contributed by atoms with Crippen molar-refractivity contribution < 1.29 is 9.53 Å². The molecule has 0 radical (unpaired) electrons. The van der Waals surface area contributed by atoms with Crippen molar-refractivity contribution in [1.82, 2.24) is 14.5 Å². The third-order valence-electron chi connectivity index (χ3n) is 4.33. The second-order valence-corrected chi connectivity index (χ2v) is 7.85. The molecule has 0 aliphatic carbocycles. The SMILES string of the molecule is COc1ccc(CNC(=O)Cn2c(=O)n(CC(C)C)c(=O)c3sccc32)cc1. The Morgan fingerprint density at radius 3 is 2.50 bits per heavy atom. The summed E-state index contributed by atoms with van der Waals surface area (Å²) in [5.74, 6) is 0.592. The molecule has 0 bridgehead atoms. The molecule has 0 spiro atoms. The van der Waals surface area contributed by atoms with Gasteiger partial charge in [0.05, 0.1) is 12.6 Å². The molecule has 0 fully saturated rings. The first-order valence-electron chi connectivity index (χ1n) is 9.01. The summed E-state index contributed by atoms with van der Waals surface area (Å²) in [7, 11) is 1.60. The number of thiophene rings is 1. The standard InChI is InChI=1S/C20H23N3O4S/c1-13(2)11-23-19(25)18-16(8-9-28-18)22(20(23)26)12-17(24)21-10-14-4-6-15(27-3)7-5-14/h4-9,13H,10-12H2,1-3H3,(H,21,24). The average molecular weight is 401 g/mol. The summed E-state index contributed by atoms with van der Waals surface area (Å²) >= 11 is 1.28. The van der Waals surface area contributed by atoms with Gasteiger partial charge in [-0.05, 0) is 35.1 Å². The van der Waals surface area contributed by atoms with Gasteiger partial charge in [-0.25, -0.2) is 4.79 Å². The third-order valence-corrected chi connectivity index (χ3v) is 5.23. The summed E-state index contributed by atoms with van der Waals surface area (Å²) in [6.07, 6.45) is 0. The van der Waals surface area contributed by atoms with E-state index >= 15 is 0 Å². The average Bonchev–Trinajstić information content (AvgIpc) is 3.17. The number of carbonyl (C=O) groups is 1. The molecule has 1 N–H and O–H groups in total. The van der Waals surface area contributed by atoms with Crippen molar-refractivity contribution in [2.24, 2.45) is 5.92 Å². The molecular formula is C20H23N3O4S. The van der Waals surface area contributed by atoms with Crippen LogP contribution in [-0.4, -0.2) is 22.2 Å². The highest BCUT2D eigenvalue weighted by atomic mass is 32.1. The van der Waals surface area contributed by atoms with Crippen LogP contribution in [0.15, 0.2) is 45.3 Å². The minimum absolute atomic E-state index is 0.138. The van der Waals surface area contributed by atoms with Crippen molar-refractivity contribution >= 4 is 27.5 Å². The van der Waals surface area contributed by atoms with Crippen LogP contribution >= 0.6 is 11.3 Å². The summed E-state index contributed by atoms with van der Waals surface area (Å²) in [5, 5.41) is 4.58. The molecule has 0 saturated heterocycles. The number of nitrogens with one attached hydrogen (secondary N) is 1. The molecule has 2 aromatic heterocycles. The van der Waals surface area contributed by atoms with E-state index in [-0.39, 0.29) is 23.9 Å². The minimum atomic E-state index is -0.454. The summed E-state index contributed by atoms with van der Waals surface area (Å²) in [4.78, 5) is 37.9. The zero-order valence-electron chi connectivity index (χ0n) is 16.1. The van der Waals surface area contributed by atoms with Crippen molar-refractivity contribution in [2.45, 2.75) is 33.5 Å². The number of nitrogens with zero attached hydrogens (tertiary/aromatic N) is 2. The zero-order valence-corrected chi connectivity index (χ0v) is 16.9. The van der Waals surface area contributed by atoms with Crippen LogP contribution in [0.4, 0.5) is 0 Å². The van der Waals surface area contributed by atoms with Crippen molar-refractivity contribution in [3.63, 3.8) is 0 Å². The molecule has 0 unspecified atom stereocenters. The lowest BCUT2D eigenvalue weighted by Crippen LogP contribution is -2.42. The number of carbonyl (C=O) groups excluding carboxylic acids is 1. The van der Waals surface area contributed by atoms with Crippen molar-refractivity contribution in [3.05, 3.63) is 62.1 Å². The molecule has 0 aliphatic rings. The number of rotatable bonds is 7. The fourth-order valence-corrected chi connectivity index (χ4v) is 3.80.